The average Bonchev–Trinajstić information content (AvgIpc) is 2.59. The topological polar surface area (TPSA) is 83.0 Å². The normalized spacial score (nSPS) is 17.4. The van der Waals surface area contributed by atoms with Crippen LogP contribution in [-0.4, -0.2) is 71.1 Å². The number of aliphatic imine (C=N–C) groups is 1. The quantitative estimate of drug-likeness (QED) is 0.353. The Balaban J connectivity index is 0.00000312. The van der Waals surface area contributed by atoms with Crippen LogP contribution in [0.4, 0.5) is 0 Å². The molecule has 2 N–H and O–H groups in total. The van der Waals surface area contributed by atoms with Gasteiger partial charge in [-0.05, 0) is 17.7 Å². The molecule has 0 spiro atoms. The number of methoxy groups -OCH3 is 1. The van der Waals surface area contributed by atoms with Gasteiger partial charge in [0.1, 0.15) is 5.75 Å². The number of benzene rings is 1. The largest absolute Gasteiger partial charge is 0.497 e. The van der Waals surface area contributed by atoms with Crippen molar-refractivity contribution in [2.24, 2.45) is 4.99 Å². The van der Waals surface area contributed by atoms with Crippen LogP contribution in [0, 0.1) is 0 Å². The summed E-state index contributed by atoms with van der Waals surface area (Å²) in [6, 6.07) is 7.87. The molecule has 1 aromatic carbocycles. The molecule has 1 fully saturated rings. The van der Waals surface area contributed by atoms with Crippen LogP contribution in [0.25, 0.3) is 0 Å². The van der Waals surface area contributed by atoms with Crippen molar-refractivity contribution in [1.82, 2.24) is 15.5 Å². The molecule has 1 aliphatic heterocycles. The second-order valence-corrected chi connectivity index (χ2v) is 8.00. The summed E-state index contributed by atoms with van der Waals surface area (Å²) in [5.41, 5.74) is 1.14. The van der Waals surface area contributed by atoms with Crippen molar-refractivity contribution in [3.8, 4) is 5.75 Å². The Hall–Kier alpha value is -1.07. The third-order valence-electron chi connectivity index (χ3n) is 4.00. The van der Waals surface area contributed by atoms with Gasteiger partial charge in [-0.15, -0.1) is 24.0 Å². The highest BCUT2D eigenvalue weighted by atomic mass is 127. The van der Waals surface area contributed by atoms with Crippen LogP contribution < -0.4 is 15.4 Å². The van der Waals surface area contributed by atoms with Gasteiger partial charge in [-0.3, -0.25) is 9.89 Å². The van der Waals surface area contributed by atoms with Gasteiger partial charge in [-0.25, -0.2) is 8.42 Å². The average molecular weight is 482 g/mol. The van der Waals surface area contributed by atoms with Crippen molar-refractivity contribution < 1.29 is 13.2 Å². The first kappa shape index (κ1) is 22.0. The van der Waals surface area contributed by atoms with E-state index < -0.39 is 9.84 Å². The van der Waals surface area contributed by atoms with Crippen LogP contribution in [0.1, 0.15) is 5.56 Å². The third kappa shape index (κ3) is 7.78. The predicted octanol–water partition coefficient (Wildman–Crippen LogP) is 0.709. The summed E-state index contributed by atoms with van der Waals surface area (Å²) < 4.78 is 28.0. The zero-order valence-electron chi connectivity index (χ0n) is 14.7. The molecule has 0 radical (unpaired) electrons. The van der Waals surface area contributed by atoms with Gasteiger partial charge in [0.25, 0.3) is 0 Å². The van der Waals surface area contributed by atoms with Crippen LogP contribution in [0.15, 0.2) is 29.3 Å². The molecule has 0 amide bonds. The van der Waals surface area contributed by atoms with Gasteiger partial charge in [0.05, 0.1) is 18.6 Å². The highest BCUT2D eigenvalue weighted by Gasteiger charge is 2.20. The first-order valence-electron chi connectivity index (χ1n) is 8.02. The fourth-order valence-corrected chi connectivity index (χ4v) is 3.73. The van der Waals surface area contributed by atoms with Crippen molar-refractivity contribution in [2.45, 2.75) is 6.54 Å². The van der Waals surface area contributed by atoms with Gasteiger partial charge in [0.15, 0.2) is 15.8 Å². The van der Waals surface area contributed by atoms with E-state index in [-0.39, 0.29) is 35.5 Å². The molecule has 0 atom stereocenters. The molecular weight excluding hydrogens is 455 g/mol. The standard InChI is InChI=1S/C16H26N4O3S.HI/c1-17-16(19-13-14-3-5-15(23-2)6-4-14)18-7-8-20-9-11-24(21,22)12-10-20;/h3-6H,7-13H2,1-2H3,(H2,17,18,19);1H. The third-order valence-corrected chi connectivity index (χ3v) is 5.61. The van der Waals surface area contributed by atoms with Gasteiger partial charge >= 0.3 is 0 Å². The number of sulfone groups is 1. The highest BCUT2D eigenvalue weighted by Crippen LogP contribution is 2.10. The maximum atomic E-state index is 11.4. The van der Waals surface area contributed by atoms with E-state index in [4.69, 9.17) is 4.74 Å². The first-order chi connectivity index (χ1) is 11.5. The minimum absolute atomic E-state index is 0. The van der Waals surface area contributed by atoms with Gasteiger partial charge in [-0.1, -0.05) is 12.1 Å². The predicted molar refractivity (Wildman–Crippen MR) is 112 cm³/mol. The number of hydrogen-bond donors (Lipinski definition) is 2. The van der Waals surface area contributed by atoms with E-state index in [9.17, 15) is 8.42 Å². The summed E-state index contributed by atoms with van der Waals surface area (Å²) in [6.45, 7) is 3.43. The van der Waals surface area contributed by atoms with Gasteiger partial charge in [-0.2, -0.15) is 0 Å². The highest BCUT2D eigenvalue weighted by molar-refractivity contribution is 14.0. The zero-order chi connectivity index (χ0) is 17.4. The van der Waals surface area contributed by atoms with E-state index in [1.807, 2.05) is 24.3 Å². The Labute approximate surface area is 167 Å². The van der Waals surface area contributed by atoms with Gasteiger partial charge in [0.2, 0.25) is 0 Å². The van der Waals surface area contributed by atoms with Crippen LogP contribution in [-0.2, 0) is 16.4 Å². The molecule has 0 aliphatic carbocycles. The molecule has 0 bridgehead atoms. The summed E-state index contributed by atoms with van der Waals surface area (Å²) in [6.07, 6.45) is 0. The maximum absolute atomic E-state index is 11.4. The molecular formula is C16H27IN4O3S. The fourth-order valence-electron chi connectivity index (χ4n) is 2.46. The molecule has 142 valence electrons. The van der Waals surface area contributed by atoms with Crippen molar-refractivity contribution in [1.29, 1.82) is 0 Å². The lowest BCUT2D eigenvalue weighted by molar-refractivity contribution is 0.299. The number of guanidine groups is 1. The SMILES string of the molecule is CN=C(NCCN1CCS(=O)(=O)CC1)NCc1ccc(OC)cc1.I. The van der Waals surface area contributed by atoms with E-state index in [0.717, 1.165) is 30.4 Å². The van der Waals surface area contributed by atoms with Crippen molar-refractivity contribution in [3.05, 3.63) is 29.8 Å². The van der Waals surface area contributed by atoms with Crippen molar-refractivity contribution >= 4 is 39.8 Å². The summed E-state index contributed by atoms with van der Waals surface area (Å²) in [5, 5.41) is 6.51. The Morgan fingerprint density at radius 3 is 2.40 bits per heavy atom. The molecule has 25 heavy (non-hydrogen) atoms. The smallest absolute Gasteiger partial charge is 0.191 e. The number of rotatable bonds is 6. The second kappa shape index (κ2) is 10.8. The molecule has 0 unspecified atom stereocenters. The lowest BCUT2D eigenvalue weighted by Gasteiger charge is -2.26. The van der Waals surface area contributed by atoms with Crippen LogP contribution >= 0.6 is 24.0 Å². The minimum atomic E-state index is -2.81. The Morgan fingerprint density at radius 2 is 1.84 bits per heavy atom. The Kier molecular flexibility index (Phi) is 9.51. The molecule has 9 heteroatoms. The number of nitrogens with one attached hydrogen (secondary N) is 2. The molecule has 1 heterocycles. The molecule has 1 saturated heterocycles. The van der Waals surface area contributed by atoms with Gasteiger partial charge in [0, 0.05) is 39.8 Å². The Morgan fingerprint density at radius 1 is 1.20 bits per heavy atom. The molecule has 2 rings (SSSR count). The molecule has 0 saturated carbocycles. The molecule has 1 aliphatic rings. The lowest BCUT2D eigenvalue weighted by atomic mass is 10.2. The maximum Gasteiger partial charge on any atom is 0.191 e. The van der Waals surface area contributed by atoms with Crippen molar-refractivity contribution in [3.63, 3.8) is 0 Å². The summed E-state index contributed by atoms with van der Waals surface area (Å²) in [4.78, 5) is 6.36. The lowest BCUT2D eigenvalue weighted by Crippen LogP contribution is -2.45. The van der Waals surface area contributed by atoms with E-state index >= 15 is 0 Å². The van der Waals surface area contributed by atoms with E-state index in [1.54, 1.807) is 14.2 Å². The van der Waals surface area contributed by atoms with E-state index in [2.05, 4.69) is 20.5 Å². The van der Waals surface area contributed by atoms with E-state index in [0.29, 0.717) is 19.6 Å². The van der Waals surface area contributed by atoms with E-state index in [1.165, 1.54) is 0 Å². The Bertz CT molecular complexity index is 636. The summed E-state index contributed by atoms with van der Waals surface area (Å²) in [5.74, 6) is 2.09. The number of nitrogens with zero attached hydrogens (tertiary/aromatic N) is 2. The van der Waals surface area contributed by atoms with Crippen LogP contribution in [0.2, 0.25) is 0 Å². The monoisotopic (exact) mass is 482 g/mol. The zero-order valence-corrected chi connectivity index (χ0v) is 17.8. The number of halogens is 1. The number of ether oxygens (including phenoxy) is 1. The second-order valence-electron chi connectivity index (χ2n) is 5.69. The first-order valence-corrected chi connectivity index (χ1v) is 9.85. The van der Waals surface area contributed by atoms with Gasteiger partial charge < -0.3 is 15.4 Å². The summed E-state index contributed by atoms with van der Waals surface area (Å²) >= 11 is 0. The van der Waals surface area contributed by atoms with Crippen LogP contribution in [0.3, 0.4) is 0 Å². The fraction of sp³-hybridized carbons (Fsp3) is 0.562. The number of hydrogen-bond acceptors (Lipinski definition) is 5. The minimum Gasteiger partial charge on any atom is -0.497 e. The van der Waals surface area contributed by atoms with Crippen LogP contribution in [0.5, 0.6) is 5.75 Å². The molecule has 1 aromatic rings. The van der Waals surface area contributed by atoms with Crippen molar-refractivity contribution in [2.75, 3.05) is 51.8 Å². The summed E-state index contributed by atoms with van der Waals surface area (Å²) in [7, 11) is 0.569. The molecule has 0 aromatic heterocycles. The molecule has 7 nitrogen and oxygen atoms in total.